The third kappa shape index (κ3) is 3.86. The summed E-state index contributed by atoms with van der Waals surface area (Å²) < 4.78 is 0. The smallest absolute Gasteiger partial charge is 0.222 e. The molecular weight excluding hydrogens is 200 g/mol. The summed E-state index contributed by atoms with van der Waals surface area (Å²) in [6, 6.07) is 0.408. The minimum Gasteiger partial charge on any atom is -0.339 e. The minimum atomic E-state index is 0.285. The Balaban J connectivity index is 2.29. The molecule has 1 amide bonds. The van der Waals surface area contributed by atoms with Crippen molar-refractivity contribution in [1.29, 1.82) is 0 Å². The molecule has 1 N–H and O–H groups in total. The minimum absolute atomic E-state index is 0.285. The molecule has 0 aromatic carbocycles. The van der Waals surface area contributed by atoms with E-state index in [1.165, 1.54) is 0 Å². The Labute approximate surface area is 98.6 Å². The number of unbranched alkanes of at least 4 members (excludes halogenated alkanes) is 2. The molecule has 0 aliphatic carbocycles. The average molecular weight is 222 g/mol. The van der Waals surface area contributed by atoms with Gasteiger partial charge in [0.05, 0.1) is 0 Å². The summed E-state index contributed by atoms with van der Waals surface area (Å²) in [6.07, 6.45) is 9.57. The largest absolute Gasteiger partial charge is 0.339 e. The Bertz CT molecular complexity index is 251. The van der Waals surface area contributed by atoms with Crippen LogP contribution in [0.5, 0.6) is 0 Å². The van der Waals surface area contributed by atoms with Crippen molar-refractivity contribution in [3.05, 3.63) is 0 Å². The number of rotatable bonds is 6. The van der Waals surface area contributed by atoms with E-state index in [9.17, 15) is 4.79 Å². The van der Waals surface area contributed by atoms with Gasteiger partial charge in [0.1, 0.15) is 0 Å². The van der Waals surface area contributed by atoms with E-state index in [1.54, 1.807) is 0 Å². The summed E-state index contributed by atoms with van der Waals surface area (Å²) in [6.45, 7) is 4.85. The van der Waals surface area contributed by atoms with E-state index in [-0.39, 0.29) is 5.91 Å². The number of hydrogen-bond acceptors (Lipinski definition) is 2. The monoisotopic (exact) mass is 222 g/mol. The van der Waals surface area contributed by atoms with Crippen molar-refractivity contribution >= 4 is 5.91 Å². The molecule has 1 fully saturated rings. The zero-order chi connectivity index (χ0) is 11.8. The lowest BCUT2D eigenvalue weighted by molar-refractivity contribution is -0.133. The van der Waals surface area contributed by atoms with Crippen LogP contribution in [0.2, 0.25) is 0 Å². The van der Waals surface area contributed by atoms with E-state index in [2.05, 4.69) is 18.2 Å². The Kier molecular flexibility index (Phi) is 5.95. The summed E-state index contributed by atoms with van der Waals surface area (Å²) in [4.78, 5) is 14.0. The van der Waals surface area contributed by atoms with Gasteiger partial charge in [-0.15, -0.1) is 12.3 Å². The van der Waals surface area contributed by atoms with Gasteiger partial charge in [-0.05, 0) is 32.7 Å². The fraction of sp³-hybridized carbons (Fsp3) is 0.769. The fourth-order valence-corrected chi connectivity index (χ4v) is 2.19. The van der Waals surface area contributed by atoms with Gasteiger partial charge in [-0.1, -0.05) is 0 Å². The lowest BCUT2D eigenvalue weighted by Gasteiger charge is -2.27. The summed E-state index contributed by atoms with van der Waals surface area (Å²) >= 11 is 0. The van der Waals surface area contributed by atoms with Gasteiger partial charge in [0.25, 0.3) is 0 Å². The molecule has 1 aliphatic rings. The highest BCUT2D eigenvalue weighted by molar-refractivity contribution is 5.76. The number of amides is 1. The number of nitrogens with zero attached hydrogens (tertiary/aromatic N) is 1. The van der Waals surface area contributed by atoms with Crippen LogP contribution in [0.15, 0.2) is 0 Å². The molecule has 0 spiro atoms. The molecule has 3 nitrogen and oxygen atoms in total. The first kappa shape index (κ1) is 13.1. The first-order valence-electron chi connectivity index (χ1n) is 6.23. The number of hydrogen-bond donors (Lipinski definition) is 1. The molecule has 1 aliphatic heterocycles. The number of nitrogens with one attached hydrogen (secondary N) is 1. The highest BCUT2D eigenvalue weighted by atomic mass is 16.2. The van der Waals surface area contributed by atoms with Crippen molar-refractivity contribution in [2.75, 3.05) is 19.6 Å². The Morgan fingerprint density at radius 3 is 2.94 bits per heavy atom. The summed E-state index contributed by atoms with van der Waals surface area (Å²) in [5.41, 5.74) is 0. The maximum Gasteiger partial charge on any atom is 0.222 e. The number of carbonyl (C=O) groups excluding carboxylic acids is 1. The molecular formula is C13H22N2O. The van der Waals surface area contributed by atoms with E-state index in [4.69, 9.17) is 6.42 Å². The molecule has 0 bridgehead atoms. The Hall–Kier alpha value is -1.01. The van der Waals surface area contributed by atoms with Crippen molar-refractivity contribution in [1.82, 2.24) is 10.2 Å². The zero-order valence-electron chi connectivity index (χ0n) is 10.2. The van der Waals surface area contributed by atoms with E-state index in [1.807, 2.05) is 4.90 Å². The van der Waals surface area contributed by atoms with E-state index in [0.29, 0.717) is 12.5 Å². The lowest BCUT2D eigenvalue weighted by Crippen LogP contribution is -2.41. The Morgan fingerprint density at radius 1 is 1.56 bits per heavy atom. The fourth-order valence-electron chi connectivity index (χ4n) is 2.19. The van der Waals surface area contributed by atoms with Crippen LogP contribution in [0.4, 0.5) is 0 Å². The number of likely N-dealkylation sites (N-methyl/N-ethyl adjacent to an activating group) is 1. The van der Waals surface area contributed by atoms with Crippen LogP contribution in [0.1, 0.15) is 39.0 Å². The van der Waals surface area contributed by atoms with Crippen molar-refractivity contribution in [2.45, 2.75) is 45.1 Å². The molecule has 90 valence electrons. The van der Waals surface area contributed by atoms with Crippen molar-refractivity contribution in [2.24, 2.45) is 0 Å². The van der Waals surface area contributed by atoms with Crippen LogP contribution >= 0.6 is 0 Å². The third-order valence-corrected chi connectivity index (χ3v) is 3.10. The number of terminal acetylenes is 1. The molecule has 0 saturated carbocycles. The normalized spacial score (nSPS) is 19.4. The van der Waals surface area contributed by atoms with Crippen molar-refractivity contribution < 1.29 is 4.79 Å². The molecule has 1 rings (SSSR count). The molecule has 3 heteroatoms. The molecule has 0 aromatic heterocycles. The molecule has 0 radical (unpaired) electrons. The molecule has 1 saturated heterocycles. The number of carbonyl (C=O) groups is 1. The quantitative estimate of drug-likeness (QED) is 0.544. The second-order valence-electron chi connectivity index (χ2n) is 4.24. The second-order valence-corrected chi connectivity index (χ2v) is 4.24. The van der Waals surface area contributed by atoms with Gasteiger partial charge < -0.3 is 10.2 Å². The zero-order valence-corrected chi connectivity index (χ0v) is 10.2. The highest BCUT2D eigenvalue weighted by Crippen LogP contribution is 2.11. The van der Waals surface area contributed by atoms with E-state index in [0.717, 1.165) is 45.3 Å². The predicted octanol–water partition coefficient (Wildman–Crippen LogP) is 1.39. The topological polar surface area (TPSA) is 32.3 Å². The van der Waals surface area contributed by atoms with E-state index >= 15 is 0 Å². The Morgan fingerprint density at radius 2 is 2.38 bits per heavy atom. The predicted molar refractivity (Wildman–Crippen MR) is 66.0 cm³/mol. The van der Waals surface area contributed by atoms with Crippen LogP contribution in [0.3, 0.4) is 0 Å². The first-order valence-corrected chi connectivity index (χ1v) is 6.23. The lowest BCUT2D eigenvalue weighted by atomic mass is 10.1. The van der Waals surface area contributed by atoms with Gasteiger partial charge >= 0.3 is 0 Å². The molecule has 1 heterocycles. The van der Waals surface area contributed by atoms with Crippen LogP contribution in [0.25, 0.3) is 0 Å². The van der Waals surface area contributed by atoms with Gasteiger partial charge in [0.2, 0.25) is 5.91 Å². The molecule has 0 aromatic rings. The van der Waals surface area contributed by atoms with Gasteiger partial charge in [0, 0.05) is 32.0 Å². The van der Waals surface area contributed by atoms with Crippen molar-refractivity contribution in [3.63, 3.8) is 0 Å². The highest BCUT2D eigenvalue weighted by Gasteiger charge is 2.24. The van der Waals surface area contributed by atoms with Gasteiger partial charge in [0.15, 0.2) is 0 Å². The van der Waals surface area contributed by atoms with Crippen LogP contribution in [-0.4, -0.2) is 36.5 Å². The van der Waals surface area contributed by atoms with Crippen LogP contribution < -0.4 is 5.32 Å². The molecule has 1 unspecified atom stereocenters. The van der Waals surface area contributed by atoms with Gasteiger partial charge in [-0.25, -0.2) is 0 Å². The second kappa shape index (κ2) is 7.29. The van der Waals surface area contributed by atoms with Gasteiger partial charge in [-0.2, -0.15) is 0 Å². The van der Waals surface area contributed by atoms with Crippen LogP contribution in [0, 0.1) is 12.3 Å². The standard InChI is InChI=1S/C13H22N2O/c1-3-5-6-7-8-13(16)15(4-2)12-9-10-14-11-12/h1,12,14H,4-11H2,2H3. The van der Waals surface area contributed by atoms with Gasteiger partial charge in [-0.3, -0.25) is 4.79 Å². The average Bonchev–Trinajstić information content (AvgIpc) is 2.79. The maximum absolute atomic E-state index is 12.0. The summed E-state index contributed by atoms with van der Waals surface area (Å²) in [7, 11) is 0. The first-order chi connectivity index (χ1) is 7.79. The molecule has 1 atom stereocenters. The maximum atomic E-state index is 12.0. The van der Waals surface area contributed by atoms with E-state index < -0.39 is 0 Å². The molecule has 16 heavy (non-hydrogen) atoms. The summed E-state index contributed by atoms with van der Waals surface area (Å²) in [5.74, 6) is 2.89. The van der Waals surface area contributed by atoms with Crippen molar-refractivity contribution in [3.8, 4) is 12.3 Å². The summed E-state index contributed by atoms with van der Waals surface area (Å²) in [5, 5.41) is 3.30. The third-order valence-electron chi connectivity index (χ3n) is 3.10. The van der Waals surface area contributed by atoms with Crippen LogP contribution in [-0.2, 0) is 4.79 Å². The SMILES string of the molecule is C#CCCCCC(=O)N(CC)C1CCNC1.